The Balaban J connectivity index is 1.77. The lowest BCUT2D eigenvalue weighted by Crippen LogP contribution is -2.58. The normalized spacial score (nSPS) is 25.0. The number of ether oxygens (including phenoxy) is 2. The van der Waals surface area contributed by atoms with Crippen molar-refractivity contribution in [3.8, 4) is 5.75 Å². The van der Waals surface area contributed by atoms with Gasteiger partial charge in [-0.2, -0.15) is 0 Å². The average molecular weight is 374 g/mol. The summed E-state index contributed by atoms with van der Waals surface area (Å²) in [7, 11) is 1.33. The number of hydrogen-bond donors (Lipinski definition) is 1. The van der Waals surface area contributed by atoms with Crippen LogP contribution in [0.1, 0.15) is 39.0 Å². The van der Waals surface area contributed by atoms with Crippen LogP contribution in [0.4, 0.5) is 5.69 Å². The van der Waals surface area contributed by atoms with Crippen molar-refractivity contribution in [1.82, 2.24) is 5.32 Å². The second kappa shape index (κ2) is 7.98. The first-order valence-corrected chi connectivity index (χ1v) is 9.37. The predicted molar refractivity (Wildman–Crippen MR) is 99.4 cm³/mol. The first-order valence-electron chi connectivity index (χ1n) is 9.37. The molecule has 7 nitrogen and oxygen atoms in total. The Kier molecular flexibility index (Phi) is 5.68. The average Bonchev–Trinajstić information content (AvgIpc) is 2.82. The van der Waals surface area contributed by atoms with Crippen LogP contribution in [0.25, 0.3) is 0 Å². The van der Waals surface area contributed by atoms with Crippen LogP contribution in [0, 0.1) is 5.92 Å². The van der Waals surface area contributed by atoms with Crippen LogP contribution in [0.3, 0.4) is 0 Å². The zero-order valence-electron chi connectivity index (χ0n) is 15.8. The highest BCUT2D eigenvalue weighted by atomic mass is 16.5. The summed E-state index contributed by atoms with van der Waals surface area (Å²) >= 11 is 0. The lowest BCUT2D eigenvalue weighted by molar-refractivity contribution is -0.152. The molecule has 1 aliphatic heterocycles. The van der Waals surface area contributed by atoms with Gasteiger partial charge < -0.3 is 14.8 Å². The number of nitrogens with one attached hydrogen (secondary N) is 1. The molecule has 0 bridgehead atoms. The molecular formula is C20H26N2O5. The first-order chi connectivity index (χ1) is 12.9. The van der Waals surface area contributed by atoms with Gasteiger partial charge >= 0.3 is 5.97 Å². The van der Waals surface area contributed by atoms with Gasteiger partial charge in [-0.05, 0) is 43.7 Å². The monoisotopic (exact) mass is 374 g/mol. The van der Waals surface area contributed by atoms with Crippen LogP contribution in [0.2, 0.25) is 0 Å². The van der Waals surface area contributed by atoms with E-state index in [1.807, 2.05) is 6.07 Å². The quantitative estimate of drug-likeness (QED) is 0.816. The summed E-state index contributed by atoms with van der Waals surface area (Å²) in [6, 6.07) is 7.15. The lowest BCUT2D eigenvalue weighted by Gasteiger charge is -2.38. The number of amides is 2. The molecule has 0 atom stereocenters. The molecule has 0 spiro atoms. The number of carbonyl (C=O) groups is 3. The highest BCUT2D eigenvalue weighted by Gasteiger charge is 2.43. The van der Waals surface area contributed by atoms with Gasteiger partial charge in [0.15, 0.2) is 0 Å². The van der Waals surface area contributed by atoms with Crippen molar-refractivity contribution in [2.75, 3.05) is 25.2 Å². The van der Waals surface area contributed by atoms with Gasteiger partial charge in [0, 0.05) is 0 Å². The van der Waals surface area contributed by atoms with Crippen LogP contribution in [0.5, 0.6) is 5.75 Å². The summed E-state index contributed by atoms with van der Waals surface area (Å²) < 4.78 is 10.6. The minimum Gasteiger partial charge on any atom is -0.491 e. The molecule has 1 aliphatic carbocycles. The number of para-hydroxylation sites is 2. The Morgan fingerprint density at radius 3 is 2.70 bits per heavy atom. The summed E-state index contributed by atoms with van der Waals surface area (Å²) in [4.78, 5) is 39.1. The molecule has 1 fully saturated rings. The summed E-state index contributed by atoms with van der Waals surface area (Å²) in [5.74, 6) is 0.106. The zero-order chi connectivity index (χ0) is 19.4. The maximum absolute atomic E-state index is 12.8. The van der Waals surface area contributed by atoms with Gasteiger partial charge in [-0.1, -0.05) is 19.1 Å². The van der Waals surface area contributed by atoms with Crippen LogP contribution < -0.4 is 15.0 Å². The fourth-order valence-electron chi connectivity index (χ4n) is 3.77. The van der Waals surface area contributed by atoms with Gasteiger partial charge in [-0.3, -0.25) is 14.5 Å². The minimum atomic E-state index is -1.01. The van der Waals surface area contributed by atoms with Crippen molar-refractivity contribution in [3.05, 3.63) is 24.3 Å². The molecule has 1 aromatic rings. The fourth-order valence-corrected chi connectivity index (χ4v) is 3.77. The van der Waals surface area contributed by atoms with Crippen LogP contribution in [-0.2, 0) is 19.1 Å². The van der Waals surface area contributed by atoms with Crippen LogP contribution >= 0.6 is 0 Å². The SMILES string of the molecule is COC(=O)C1(NC(=O)CN2C(=O)CCOc3ccccc32)CCC(C)CC1. The molecule has 0 aromatic heterocycles. The summed E-state index contributed by atoms with van der Waals surface area (Å²) in [5.41, 5.74) is -0.442. The van der Waals surface area contributed by atoms with E-state index in [0.717, 1.165) is 12.8 Å². The van der Waals surface area contributed by atoms with Gasteiger partial charge in [-0.25, -0.2) is 4.79 Å². The molecule has 2 aliphatic rings. The number of hydrogen-bond acceptors (Lipinski definition) is 5. The topological polar surface area (TPSA) is 84.9 Å². The van der Waals surface area contributed by atoms with E-state index in [2.05, 4.69) is 12.2 Å². The van der Waals surface area contributed by atoms with E-state index in [-0.39, 0.29) is 31.4 Å². The number of carbonyl (C=O) groups excluding carboxylic acids is 3. The number of rotatable bonds is 4. The smallest absolute Gasteiger partial charge is 0.331 e. The van der Waals surface area contributed by atoms with Gasteiger partial charge in [0.2, 0.25) is 11.8 Å². The third-order valence-electron chi connectivity index (χ3n) is 5.41. The second-order valence-corrected chi connectivity index (χ2v) is 7.35. The molecular weight excluding hydrogens is 348 g/mol. The Hall–Kier alpha value is -2.57. The number of methoxy groups -OCH3 is 1. The van der Waals surface area contributed by atoms with Gasteiger partial charge in [0.05, 0.1) is 25.8 Å². The molecule has 27 heavy (non-hydrogen) atoms. The highest BCUT2D eigenvalue weighted by Crippen LogP contribution is 2.34. The molecule has 0 saturated heterocycles. The van der Waals surface area contributed by atoms with Crippen molar-refractivity contribution < 1.29 is 23.9 Å². The molecule has 2 amide bonds. The highest BCUT2D eigenvalue weighted by molar-refractivity contribution is 6.01. The number of benzene rings is 1. The summed E-state index contributed by atoms with van der Waals surface area (Å²) in [6.45, 7) is 2.25. The molecule has 1 N–H and O–H groups in total. The number of fused-ring (bicyclic) bond motifs is 1. The van der Waals surface area contributed by atoms with Crippen molar-refractivity contribution in [2.24, 2.45) is 5.92 Å². The fraction of sp³-hybridized carbons (Fsp3) is 0.550. The van der Waals surface area contributed by atoms with Crippen molar-refractivity contribution >= 4 is 23.5 Å². The molecule has 0 unspecified atom stereocenters. The van der Waals surface area contributed by atoms with E-state index in [4.69, 9.17) is 9.47 Å². The molecule has 1 heterocycles. The number of esters is 1. The van der Waals surface area contributed by atoms with E-state index in [1.165, 1.54) is 12.0 Å². The Bertz CT molecular complexity index is 725. The van der Waals surface area contributed by atoms with Crippen LogP contribution in [-0.4, -0.2) is 43.6 Å². The van der Waals surface area contributed by atoms with Gasteiger partial charge in [0.25, 0.3) is 0 Å². The van der Waals surface area contributed by atoms with Gasteiger partial charge in [-0.15, -0.1) is 0 Å². The molecule has 146 valence electrons. The summed E-state index contributed by atoms with van der Waals surface area (Å²) in [5, 5.41) is 2.87. The number of anilines is 1. The van der Waals surface area contributed by atoms with Crippen molar-refractivity contribution in [1.29, 1.82) is 0 Å². The van der Waals surface area contributed by atoms with E-state index >= 15 is 0 Å². The first kappa shape index (κ1) is 19.2. The van der Waals surface area contributed by atoms with E-state index in [0.29, 0.717) is 30.2 Å². The van der Waals surface area contributed by atoms with E-state index in [1.54, 1.807) is 18.2 Å². The maximum Gasteiger partial charge on any atom is 0.331 e. The second-order valence-electron chi connectivity index (χ2n) is 7.35. The van der Waals surface area contributed by atoms with Crippen molar-refractivity contribution in [2.45, 2.75) is 44.6 Å². The molecule has 0 radical (unpaired) electrons. The Morgan fingerprint density at radius 1 is 1.30 bits per heavy atom. The minimum absolute atomic E-state index is 0.159. The standard InChI is InChI=1S/C20H26N2O5/c1-14-7-10-20(11-8-14,19(25)26-2)21-17(23)13-22-15-5-3-4-6-16(15)27-12-9-18(22)24/h3-6,14H,7-13H2,1-2H3,(H,21,23). The molecule has 1 saturated carbocycles. The molecule has 7 heteroatoms. The summed E-state index contributed by atoms with van der Waals surface area (Å²) in [6.07, 6.45) is 2.96. The lowest BCUT2D eigenvalue weighted by atomic mass is 9.77. The molecule has 3 rings (SSSR count). The Labute approximate surface area is 159 Å². The predicted octanol–water partition coefficient (Wildman–Crippen LogP) is 2.04. The largest absolute Gasteiger partial charge is 0.491 e. The zero-order valence-corrected chi connectivity index (χ0v) is 15.8. The van der Waals surface area contributed by atoms with Crippen LogP contribution in [0.15, 0.2) is 24.3 Å². The third kappa shape index (κ3) is 4.07. The Morgan fingerprint density at radius 2 is 2.00 bits per heavy atom. The maximum atomic E-state index is 12.8. The molecule has 1 aromatic carbocycles. The number of nitrogens with zero attached hydrogens (tertiary/aromatic N) is 1. The van der Waals surface area contributed by atoms with Crippen molar-refractivity contribution in [3.63, 3.8) is 0 Å². The van der Waals surface area contributed by atoms with Gasteiger partial charge in [0.1, 0.15) is 17.8 Å². The third-order valence-corrected chi connectivity index (χ3v) is 5.41. The van der Waals surface area contributed by atoms with E-state index < -0.39 is 11.5 Å². The van der Waals surface area contributed by atoms with E-state index in [9.17, 15) is 14.4 Å².